The normalized spacial score (nSPS) is 10.1. The number of nitrogens with one attached hydrogen (secondary N) is 1. The van der Waals surface area contributed by atoms with Crippen LogP contribution in [0.5, 0.6) is 0 Å². The van der Waals surface area contributed by atoms with Crippen molar-refractivity contribution in [2.24, 2.45) is 0 Å². The summed E-state index contributed by atoms with van der Waals surface area (Å²) in [6.45, 7) is 33.0. The Labute approximate surface area is 207 Å². The van der Waals surface area contributed by atoms with Gasteiger partial charge < -0.3 is 5.32 Å². The first-order valence-electron chi connectivity index (χ1n) is 12.3. The molecule has 0 heterocycles. The van der Waals surface area contributed by atoms with Crippen LogP contribution in [0.4, 0.5) is 5.69 Å². The van der Waals surface area contributed by atoms with Crippen LogP contribution in [0.2, 0.25) is 0 Å². The molecule has 0 saturated heterocycles. The van der Waals surface area contributed by atoms with Gasteiger partial charge in [-0.3, -0.25) is 0 Å². The van der Waals surface area contributed by atoms with Gasteiger partial charge in [0.15, 0.2) is 0 Å². The van der Waals surface area contributed by atoms with Gasteiger partial charge in [-0.05, 0) is 83.7 Å². The molecule has 33 heavy (non-hydrogen) atoms. The molecule has 186 valence electrons. The molecule has 1 heteroatoms. The maximum absolute atomic E-state index is 4.14. The average molecular weight is 452 g/mol. The van der Waals surface area contributed by atoms with E-state index in [1.807, 2.05) is 26.8 Å². The summed E-state index contributed by atoms with van der Waals surface area (Å²) in [6, 6.07) is 6.41. The van der Waals surface area contributed by atoms with Crippen molar-refractivity contribution in [2.45, 2.75) is 95.9 Å². The van der Waals surface area contributed by atoms with Crippen LogP contribution >= 0.6 is 0 Å². The Morgan fingerprint density at radius 2 is 1.45 bits per heavy atom. The van der Waals surface area contributed by atoms with Crippen LogP contribution in [0.25, 0.3) is 0 Å². The fourth-order valence-corrected chi connectivity index (χ4v) is 2.12. The molecule has 0 atom stereocenters. The van der Waals surface area contributed by atoms with Crippen molar-refractivity contribution in [3.8, 4) is 0 Å². The second kappa shape index (κ2) is 22.6. The third-order valence-electron chi connectivity index (χ3n) is 4.21. The van der Waals surface area contributed by atoms with E-state index in [0.29, 0.717) is 0 Å². The number of allylic oxidation sites excluding steroid dienone is 9. The molecule has 1 aromatic carbocycles. The zero-order valence-corrected chi connectivity index (χ0v) is 23.9. The number of benzene rings is 1. The van der Waals surface area contributed by atoms with E-state index in [4.69, 9.17) is 0 Å². The van der Waals surface area contributed by atoms with Crippen molar-refractivity contribution in [1.82, 2.24) is 0 Å². The van der Waals surface area contributed by atoms with Crippen molar-refractivity contribution in [3.05, 3.63) is 101 Å². The summed E-state index contributed by atoms with van der Waals surface area (Å²) in [6.07, 6.45) is 12.4. The molecule has 0 bridgehead atoms. The lowest BCUT2D eigenvalue weighted by molar-refractivity contribution is 1.09. The zero-order valence-electron chi connectivity index (χ0n) is 23.9. The second-order valence-corrected chi connectivity index (χ2v) is 8.28. The highest BCUT2D eigenvalue weighted by Gasteiger charge is 2.01. The van der Waals surface area contributed by atoms with Gasteiger partial charge in [-0.25, -0.2) is 0 Å². The minimum Gasteiger partial charge on any atom is -0.359 e. The molecule has 0 aliphatic rings. The van der Waals surface area contributed by atoms with E-state index in [0.717, 1.165) is 23.4 Å². The summed E-state index contributed by atoms with van der Waals surface area (Å²) < 4.78 is 0. The van der Waals surface area contributed by atoms with E-state index in [1.54, 1.807) is 0 Å². The van der Waals surface area contributed by atoms with E-state index in [9.17, 15) is 0 Å². The van der Waals surface area contributed by atoms with E-state index < -0.39 is 0 Å². The molecule has 0 fully saturated rings. The number of rotatable bonds is 7. The van der Waals surface area contributed by atoms with Crippen LogP contribution in [0.1, 0.15) is 93.2 Å². The Morgan fingerprint density at radius 1 is 0.939 bits per heavy atom. The maximum atomic E-state index is 4.14. The molecule has 1 aromatic rings. The molecule has 0 radical (unpaired) electrons. The van der Waals surface area contributed by atoms with E-state index in [-0.39, 0.29) is 0 Å². The highest BCUT2D eigenvalue weighted by atomic mass is 14.9. The minimum atomic E-state index is 0.791. The van der Waals surface area contributed by atoms with Crippen LogP contribution in [-0.2, 0) is 0 Å². The zero-order chi connectivity index (χ0) is 26.4. The van der Waals surface area contributed by atoms with Gasteiger partial charge in [-0.15, -0.1) is 0 Å². The number of anilines is 1. The van der Waals surface area contributed by atoms with Crippen molar-refractivity contribution in [1.29, 1.82) is 0 Å². The van der Waals surface area contributed by atoms with Crippen LogP contribution in [-0.4, -0.2) is 0 Å². The first kappa shape index (κ1) is 35.1. The predicted octanol–water partition coefficient (Wildman–Crippen LogP) is 11.1. The summed E-state index contributed by atoms with van der Waals surface area (Å²) in [5, 5.41) is 3.42. The molecule has 0 amide bonds. The molecule has 0 spiro atoms. The van der Waals surface area contributed by atoms with Gasteiger partial charge in [0.1, 0.15) is 0 Å². The lowest BCUT2D eigenvalue weighted by Crippen LogP contribution is -1.99. The summed E-state index contributed by atoms with van der Waals surface area (Å²) in [5.41, 5.74) is 9.60. The minimum absolute atomic E-state index is 0.791. The fraction of sp³-hybridized carbons (Fsp3) is 0.438. The molecule has 0 aromatic heterocycles. The maximum Gasteiger partial charge on any atom is 0.0414 e. The van der Waals surface area contributed by atoms with Crippen LogP contribution in [0, 0.1) is 13.8 Å². The molecular formula is C32H53N. The smallest absolute Gasteiger partial charge is 0.0414 e. The van der Waals surface area contributed by atoms with Gasteiger partial charge in [0.05, 0.1) is 0 Å². The Hall–Kier alpha value is -2.54. The summed E-state index contributed by atoms with van der Waals surface area (Å²) >= 11 is 0. The van der Waals surface area contributed by atoms with Crippen molar-refractivity contribution in [2.75, 3.05) is 5.32 Å². The first-order chi connectivity index (χ1) is 15.5. The van der Waals surface area contributed by atoms with E-state index in [2.05, 4.69) is 123 Å². The number of hydrogen-bond donors (Lipinski definition) is 1. The second-order valence-electron chi connectivity index (χ2n) is 8.28. The van der Waals surface area contributed by atoms with Gasteiger partial charge in [-0.1, -0.05) is 101 Å². The average Bonchev–Trinajstić information content (AvgIpc) is 2.77. The first-order valence-corrected chi connectivity index (χ1v) is 12.3. The lowest BCUT2D eigenvalue weighted by Gasteiger charge is -2.12. The summed E-state index contributed by atoms with van der Waals surface area (Å²) in [5.74, 6) is 0. The van der Waals surface area contributed by atoms with E-state index in [1.165, 1.54) is 34.3 Å². The summed E-state index contributed by atoms with van der Waals surface area (Å²) in [7, 11) is 0. The standard InChI is InChI=1S/C22H29N.C5H10.C3H8.C2H6/c1-8-21(14-9-16(2)3)18(5)12-13-20(7)23-22-15-17(4)10-11-19(22)6;1-4-5(2)3;1-3-2;1-2/h8-12,14-15,23H,1,7,13H2,2-6H3;4H,1-3H3;3H2,1-2H3;1-2H3/b18-12+,21-14+;;;. The Bertz CT molecular complexity index is 790. The molecule has 0 aliphatic carbocycles. The number of aryl methyl sites for hydroxylation is 2. The van der Waals surface area contributed by atoms with Gasteiger partial charge in [0, 0.05) is 17.8 Å². The molecule has 0 unspecified atom stereocenters. The largest absolute Gasteiger partial charge is 0.359 e. The molecule has 0 saturated carbocycles. The summed E-state index contributed by atoms with van der Waals surface area (Å²) in [4.78, 5) is 0. The van der Waals surface area contributed by atoms with Crippen LogP contribution in [0.15, 0.2) is 89.7 Å². The molecule has 0 aliphatic heterocycles. The van der Waals surface area contributed by atoms with Gasteiger partial charge >= 0.3 is 0 Å². The van der Waals surface area contributed by atoms with Gasteiger partial charge in [0.25, 0.3) is 0 Å². The third kappa shape index (κ3) is 21.1. The van der Waals surface area contributed by atoms with Crippen LogP contribution < -0.4 is 5.32 Å². The SMILES string of the molecule is C=CC(=C\C=C(C)C)/C(C)=C/CC(=C)Nc1cc(C)ccc1C.CC.CC=C(C)C.CCC. The number of hydrogen-bond acceptors (Lipinski definition) is 1. The fourth-order valence-electron chi connectivity index (χ4n) is 2.12. The Balaban J connectivity index is -0.000000763. The lowest BCUT2D eigenvalue weighted by atomic mass is 10.0. The van der Waals surface area contributed by atoms with E-state index >= 15 is 0 Å². The quantitative estimate of drug-likeness (QED) is 0.321. The van der Waals surface area contributed by atoms with Crippen molar-refractivity contribution < 1.29 is 0 Å². The Kier molecular flexibility index (Phi) is 24.1. The highest BCUT2D eigenvalue weighted by Crippen LogP contribution is 2.20. The van der Waals surface area contributed by atoms with Gasteiger partial charge in [-0.2, -0.15) is 0 Å². The molecule has 1 nitrogen and oxygen atoms in total. The monoisotopic (exact) mass is 451 g/mol. The van der Waals surface area contributed by atoms with Crippen molar-refractivity contribution in [3.63, 3.8) is 0 Å². The highest BCUT2D eigenvalue weighted by molar-refractivity contribution is 5.56. The van der Waals surface area contributed by atoms with Crippen LogP contribution in [0.3, 0.4) is 0 Å². The van der Waals surface area contributed by atoms with Gasteiger partial charge in [0.2, 0.25) is 0 Å². The molecule has 1 N–H and O–H groups in total. The Morgan fingerprint density at radius 3 is 1.88 bits per heavy atom. The topological polar surface area (TPSA) is 12.0 Å². The molecule has 1 rings (SSSR count). The predicted molar refractivity (Wildman–Crippen MR) is 157 cm³/mol. The third-order valence-corrected chi connectivity index (χ3v) is 4.21. The van der Waals surface area contributed by atoms with Crippen molar-refractivity contribution >= 4 is 5.69 Å². The molecular weight excluding hydrogens is 398 g/mol.